The lowest BCUT2D eigenvalue weighted by Crippen LogP contribution is -2.31. The fourth-order valence-corrected chi connectivity index (χ4v) is 2.36. The number of rotatable bonds is 6. The summed E-state index contributed by atoms with van der Waals surface area (Å²) in [6.07, 6.45) is 0.939. The van der Waals surface area contributed by atoms with Gasteiger partial charge in [-0.15, -0.1) is 11.8 Å². The van der Waals surface area contributed by atoms with Gasteiger partial charge in [0.25, 0.3) is 0 Å². The number of carbonyl (C=O) groups excluding carboxylic acids is 2. The van der Waals surface area contributed by atoms with Crippen LogP contribution in [-0.2, 0) is 9.59 Å². The molecule has 0 heterocycles. The lowest BCUT2D eigenvalue weighted by atomic mass is 10.3. The molecule has 2 N–H and O–H groups in total. The van der Waals surface area contributed by atoms with E-state index in [0.717, 1.165) is 17.0 Å². The summed E-state index contributed by atoms with van der Waals surface area (Å²) >= 11 is 1.50. The number of benzene rings is 1. The predicted molar refractivity (Wildman–Crippen MR) is 79.4 cm³/mol. The van der Waals surface area contributed by atoms with Gasteiger partial charge in [0.1, 0.15) is 0 Å². The molecule has 2 amide bonds. The van der Waals surface area contributed by atoms with Crippen LogP contribution in [0.2, 0.25) is 0 Å². The van der Waals surface area contributed by atoms with Crippen LogP contribution in [0.1, 0.15) is 27.2 Å². The molecule has 0 aliphatic heterocycles. The normalized spacial score (nSPS) is 11.7. The summed E-state index contributed by atoms with van der Waals surface area (Å²) in [6.45, 7) is 6.10. The van der Waals surface area contributed by atoms with E-state index >= 15 is 0 Å². The molecule has 5 heteroatoms. The average Bonchev–Trinajstić information content (AvgIpc) is 2.37. The Kier molecular flexibility index (Phi) is 6.42. The minimum atomic E-state index is -0.127. The van der Waals surface area contributed by atoms with E-state index in [2.05, 4.69) is 10.6 Å². The topological polar surface area (TPSA) is 58.2 Å². The zero-order valence-electron chi connectivity index (χ0n) is 11.5. The third kappa shape index (κ3) is 5.79. The van der Waals surface area contributed by atoms with E-state index in [1.54, 1.807) is 0 Å². The van der Waals surface area contributed by atoms with Crippen LogP contribution in [0.3, 0.4) is 0 Å². The van der Waals surface area contributed by atoms with E-state index in [4.69, 9.17) is 0 Å². The van der Waals surface area contributed by atoms with Crippen molar-refractivity contribution in [2.45, 2.75) is 37.3 Å². The largest absolute Gasteiger partial charge is 0.355 e. The summed E-state index contributed by atoms with van der Waals surface area (Å²) in [5, 5.41) is 5.45. The van der Waals surface area contributed by atoms with Crippen LogP contribution >= 0.6 is 11.8 Å². The number of hydrogen-bond acceptors (Lipinski definition) is 3. The SMILES string of the molecule is CCCNC(=O)C(C)Sc1ccc(NC(C)=O)cc1. The van der Waals surface area contributed by atoms with E-state index in [1.807, 2.05) is 38.1 Å². The van der Waals surface area contributed by atoms with Crippen molar-refractivity contribution in [1.82, 2.24) is 5.32 Å². The van der Waals surface area contributed by atoms with Crippen LogP contribution in [-0.4, -0.2) is 23.6 Å². The molecule has 0 saturated carbocycles. The molecule has 1 aromatic rings. The van der Waals surface area contributed by atoms with Crippen molar-refractivity contribution in [3.05, 3.63) is 24.3 Å². The molecule has 0 aliphatic carbocycles. The molecular formula is C14H20N2O2S. The van der Waals surface area contributed by atoms with Crippen molar-refractivity contribution in [3.63, 3.8) is 0 Å². The monoisotopic (exact) mass is 280 g/mol. The Bertz CT molecular complexity index is 432. The minimum Gasteiger partial charge on any atom is -0.355 e. The van der Waals surface area contributed by atoms with E-state index in [-0.39, 0.29) is 17.1 Å². The fourth-order valence-electron chi connectivity index (χ4n) is 1.47. The Hall–Kier alpha value is -1.49. The van der Waals surface area contributed by atoms with Crippen LogP contribution in [0.25, 0.3) is 0 Å². The molecule has 0 spiro atoms. The van der Waals surface area contributed by atoms with Crippen molar-refractivity contribution >= 4 is 29.3 Å². The molecule has 0 aliphatic rings. The number of carbonyl (C=O) groups is 2. The molecule has 1 unspecified atom stereocenters. The molecule has 19 heavy (non-hydrogen) atoms. The van der Waals surface area contributed by atoms with Gasteiger partial charge in [0, 0.05) is 24.1 Å². The number of thioether (sulfide) groups is 1. The Morgan fingerprint density at radius 3 is 2.42 bits per heavy atom. The van der Waals surface area contributed by atoms with Gasteiger partial charge in [-0.2, -0.15) is 0 Å². The molecule has 0 fully saturated rings. The summed E-state index contributed by atoms with van der Waals surface area (Å²) in [6, 6.07) is 7.47. The highest BCUT2D eigenvalue weighted by atomic mass is 32.2. The second-order valence-corrected chi connectivity index (χ2v) is 5.67. The molecule has 0 radical (unpaired) electrons. The van der Waals surface area contributed by atoms with Crippen molar-refractivity contribution < 1.29 is 9.59 Å². The zero-order chi connectivity index (χ0) is 14.3. The quantitative estimate of drug-likeness (QED) is 0.788. The van der Waals surface area contributed by atoms with Gasteiger partial charge in [-0.1, -0.05) is 6.92 Å². The lowest BCUT2D eigenvalue weighted by molar-refractivity contribution is -0.120. The summed E-state index contributed by atoms with van der Waals surface area (Å²) in [5.41, 5.74) is 0.764. The first-order valence-electron chi connectivity index (χ1n) is 6.35. The Labute approximate surface area is 118 Å². The molecule has 1 atom stereocenters. The van der Waals surface area contributed by atoms with Gasteiger partial charge in [0.2, 0.25) is 11.8 Å². The van der Waals surface area contributed by atoms with E-state index in [0.29, 0.717) is 6.54 Å². The highest BCUT2D eigenvalue weighted by molar-refractivity contribution is 8.00. The third-order valence-corrected chi connectivity index (χ3v) is 3.52. The maximum Gasteiger partial charge on any atom is 0.233 e. The summed E-state index contributed by atoms with van der Waals surface area (Å²) in [7, 11) is 0. The minimum absolute atomic E-state index is 0.0535. The van der Waals surface area contributed by atoms with Gasteiger partial charge in [-0.3, -0.25) is 9.59 Å². The van der Waals surface area contributed by atoms with Crippen LogP contribution in [0.5, 0.6) is 0 Å². The second kappa shape index (κ2) is 7.84. The fraction of sp³-hybridized carbons (Fsp3) is 0.429. The van der Waals surface area contributed by atoms with Crippen molar-refractivity contribution in [2.75, 3.05) is 11.9 Å². The van der Waals surface area contributed by atoms with E-state index in [1.165, 1.54) is 18.7 Å². The smallest absolute Gasteiger partial charge is 0.233 e. The number of nitrogens with one attached hydrogen (secondary N) is 2. The molecule has 104 valence electrons. The Balaban J connectivity index is 2.52. The number of hydrogen-bond donors (Lipinski definition) is 2. The molecule has 0 aromatic heterocycles. The molecule has 0 saturated heterocycles. The highest BCUT2D eigenvalue weighted by Crippen LogP contribution is 2.24. The van der Waals surface area contributed by atoms with E-state index < -0.39 is 0 Å². The first kappa shape index (κ1) is 15.6. The van der Waals surface area contributed by atoms with Crippen LogP contribution in [0.15, 0.2) is 29.2 Å². The Morgan fingerprint density at radius 2 is 1.89 bits per heavy atom. The maximum atomic E-state index is 11.7. The summed E-state index contributed by atoms with van der Waals surface area (Å²) in [4.78, 5) is 23.6. The first-order chi connectivity index (χ1) is 9.02. The predicted octanol–water partition coefficient (Wildman–Crippen LogP) is 2.65. The third-order valence-electron chi connectivity index (χ3n) is 2.41. The molecule has 4 nitrogen and oxygen atoms in total. The standard InChI is InChI=1S/C14H20N2O2S/c1-4-9-15-14(18)10(2)19-13-7-5-12(6-8-13)16-11(3)17/h5-8,10H,4,9H2,1-3H3,(H,15,18)(H,16,17). The van der Waals surface area contributed by atoms with Crippen LogP contribution in [0, 0.1) is 0 Å². The summed E-state index contributed by atoms with van der Waals surface area (Å²) in [5.74, 6) is -0.0366. The molecule has 0 bridgehead atoms. The van der Waals surface area contributed by atoms with Crippen LogP contribution in [0.4, 0.5) is 5.69 Å². The number of anilines is 1. The molecule has 1 aromatic carbocycles. The van der Waals surface area contributed by atoms with E-state index in [9.17, 15) is 9.59 Å². The maximum absolute atomic E-state index is 11.7. The zero-order valence-corrected chi connectivity index (χ0v) is 12.3. The van der Waals surface area contributed by atoms with Crippen molar-refractivity contribution in [2.24, 2.45) is 0 Å². The lowest BCUT2D eigenvalue weighted by Gasteiger charge is -2.11. The van der Waals surface area contributed by atoms with Gasteiger partial charge in [-0.05, 0) is 37.6 Å². The first-order valence-corrected chi connectivity index (χ1v) is 7.23. The second-order valence-electron chi connectivity index (χ2n) is 4.26. The Morgan fingerprint density at radius 1 is 1.26 bits per heavy atom. The van der Waals surface area contributed by atoms with Gasteiger partial charge in [0.05, 0.1) is 5.25 Å². The van der Waals surface area contributed by atoms with Gasteiger partial charge in [-0.25, -0.2) is 0 Å². The van der Waals surface area contributed by atoms with Crippen molar-refractivity contribution in [1.29, 1.82) is 0 Å². The molecular weight excluding hydrogens is 260 g/mol. The highest BCUT2D eigenvalue weighted by Gasteiger charge is 2.13. The van der Waals surface area contributed by atoms with Gasteiger partial charge < -0.3 is 10.6 Å². The average molecular weight is 280 g/mol. The van der Waals surface area contributed by atoms with Crippen LogP contribution < -0.4 is 10.6 Å². The molecule has 1 rings (SSSR count). The van der Waals surface area contributed by atoms with Gasteiger partial charge in [0.15, 0.2) is 0 Å². The number of amides is 2. The van der Waals surface area contributed by atoms with Crippen molar-refractivity contribution in [3.8, 4) is 0 Å². The summed E-state index contributed by atoms with van der Waals surface area (Å²) < 4.78 is 0. The van der Waals surface area contributed by atoms with Gasteiger partial charge >= 0.3 is 0 Å².